The number of fused-ring (bicyclic) bond motifs is 2. The third-order valence-electron chi connectivity index (χ3n) is 7.26. The maximum atomic E-state index is 13.3. The van der Waals surface area contributed by atoms with Crippen LogP contribution in [-0.2, 0) is 16.1 Å². The first-order valence-electron chi connectivity index (χ1n) is 11.4. The number of carbonyl (C=O) groups excluding carboxylic acids is 2. The molecule has 3 saturated carbocycles. The fraction of sp³-hybridized carbons (Fsp3) is 0.652. The maximum absolute atomic E-state index is 13.3. The standard InChI is InChI=1S/C23H32N4O4/c1-4-27-11-16(20(26-27)22(29)24-13-7-5-6-8-13)25-21(28)18-14-9-10-15(17(14)12(2)3)19(18)23(30)31/h11,13-15,18-19H,4-10H2,1-3H3,(H,24,29)(H,25,28)(H,30,31)/t14-,15-,18-,19-/m0/s1. The van der Waals surface area contributed by atoms with Gasteiger partial charge >= 0.3 is 5.97 Å². The Morgan fingerprint density at radius 2 is 1.74 bits per heavy atom. The maximum Gasteiger partial charge on any atom is 0.307 e. The van der Waals surface area contributed by atoms with Crippen LogP contribution in [0, 0.1) is 23.7 Å². The number of anilines is 1. The number of aryl methyl sites for hydroxylation is 1. The summed E-state index contributed by atoms with van der Waals surface area (Å²) in [5.41, 5.74) is 2.80. The van der Waals surface area contributed by atoms with Crippen molar-refractivity contribution in [1.82, 2.24) is 15.1 Å². The van der Waals surface area contributed by atoms with Gasteiger partial charge in [-0.1, -0.05) is 24.0 Å². The van der Waals surface area contributed by atoms with Crippen LogP contribution in [-0.4, -0.2) is 38.7 Å². The number of aliphatic carboxylic acids is 1. The number of allylic oxidation sites excluding steroid dienone is 2. The lowest BCUT2D eigenvalue weighted by molar-refractivity contribution is -0.148. The third kappa shape index (κ3) is 3.88. The molecular weight excluding hydrogens is 396 g/mol. The number of amides is 2. The van der Waals surface area contributed by atoms with E-state index in [-0.39, 0.29) is 35.4 Å². The topological polar surface area (TPSA) is 113 Å². The van der Waals surface area contributed by atoms with Crippen LogP contribution in [0.25, 0.3) is 0 Å². The van der Waals surface area contributed by atoms with Crippen LogP contribution in [0.3, 0.4) is 0 Å². The lowest BCUT2D eigenvalue weighted by Crippen LogP contribution is -2.38. The van der Waals surface area contributed by atoms with E-state index in [1.165, 1.54) is 0 Å². The molecule has 0 spiro atoms. The number of aromatic nitrogens is 2. The van der Waals surface area contributed by atoms with Crippen LogP contribution in [0.15, 0.2) is 17.3 Å². The van der Waals surface area contributed by atoms with E-state index >= 15 is 0 Å². The summed E-state index contributed by atoms with van der Waals surface area (Å²) in [6, 6.07) is 0.144. The number of carboxylic acids is 1. The number of nitrogens with one attached hydrogen (secondary N) is 2. The Morgan fingerprint density at radius 1 is 1.10 bits per heavy atom. The van der Waals surface area contributed by atoms with E-state index < -0.39 is 17.8 Å². The van der Waals surface area contributed by atoms with E-state index in [4.69, 9.17) is 0 Å². The lowest BCUT2D eigenvalue weighted by Gasteiger charge is -2.26. The van der Waals surface area contributed by atoms with Crippen molar-refractivity contribution < 1.29 is 19.5 Å². The second-order valence-electron chi connectivity index (χ2n) is 9.33. The molecule has 168 valence electrons. The minimum Gasteiger partial charge on any atom is -0.481 e. The van der Waals surface area contributed by atoms with E-state index in [2.05, 4.69) is 15.7 Å². The van der Waals surface area contributed by atoms with E-state index in [0.29, 0.717) is 12.2 Å². The molecule has 4 rings (SSSR count). The van der Waals surface area contributed by atoms with Crippen LogP contribution in [0.5, 0.6) is 0 Å². The number of rotatable bonds is 6. The molecule has 3 fully saturated rings. The number of nitrogens with zero attached hydrogens (tertiary/aromatic N) is 2. The van der Waals surface area contributed by atoms with Gasteiger partial charge in [-0.15, -0.1) is 0 Å². The van der Waals surface area contributed by atoms with Crippen LogP contribution in [0.4, 0.5) is 5.69 Å². The van der Waals surface area contributed by atoms with Crippen molar-refractivity contribution in [2.24, 2.45) is 23.7 Å². The molecule has 2 bridgehead atoms. The summed E-state index contributed by atoms with van der Waals surface area (Å²) in [7, 11) is 0. The van der Waals surface area contributed by atoms with Crippen LogP contribution < -0.4 is 10.6 Å². The molecule has 4 atom stereocenters. The Labute approximate surface area is 182 Å². The molecule has 3 aliphatic rings. The van der Waals surface area contributed by atoms with Gasteiger partial charge in [0.1, 0.15) is 0 Å². The number of hydrogen-bond donors (Lipinski definition) is 3. The zero-order chi connectivity index (χ0) is 22.3. The minimum absolute atomic E-state index is 0.0481. The van der Waals surface area contributed by atoms with Gasteiger partial charge in [0.2, 0.25) is 5.91 Å². The van der Waals surface area contributed by atoms with Crippen molar-refractivity contribution in [3.05, 3.63) is 23.0 Å². The SMILES string of the molecule is CCn1cc(NC(=O)[C@@H]2[C@@H](C(=O)O)[C@H]3CC[C@H]2C3=C(C)C)c(C(=O)NC2CCCC2)n1. The van der Waals surface area contributed by atoms with Crippen molar-refractivity contribution in [3.63, 3.8) is 0 Å². The highest BCUT2D eigenvalue weighted by Crippen LogP contribution is 2.57. The minimum atomic E-state index is -0.922. The average Bonchev–Trinajstić information content (AvgIpc) is 3.49. The fourth-order valence-corrected chi connectivity index (χ4v) is 5.99. The van der Waals surface area contributed by atoms with Crippen LogP contribution in [0.1, 0.15) is 69.8 Å². The summed E-state index contributed by atoms with van der Waals surface area (Å²) >= 11 is 0. The summed E-state index contributed by atoms with van der Waals surface area (Å²) in [5, 5.41) is 20.1. The van der Waals surface area contributed by atoms with Gasteiger partial charge in [-0.2, -0.15) is 5.10 Å². The van der Waals surface area contributed by atoms with Crippen molar-refractivity contribution in [2.75, 3.05) is 5.32 Å². The normalized spacial score (nSPS) is 27.5. The Balaban J connectivity index is 1.58. The zero-order valence-corrected chi connectivity index (χ0v) is 18.5. The number of carbonyl (C=O) groups is 3. The quantitative estimate of drug-likeness (QED) is 0.602. The largest absolute Gasteiger partial charge is 0.481 e. The van der Waals surface area contributed by atoms with Crippen molar-refractivity contribution in [2.45, 2.75) is 71.9 Å². The van der Waals surface area contributed by atoms with Crippen LogP contribution >= 0.6 is 0 Å². The Hall–Kier alpha value is -2.64. The summed E-state index contributed by atoms with van der Waals surface area (Å²) in [4.78, 5) is 38.3. The molecule has 1 aromatic rings. The highest BCUT2D eigenvalue weighted by molar-refractivity contribution is 6.04. The Bertz CT molecular complexity index is 924. The molecule has 3 aliphatic carbocycles. The predicted molar refractivity (Wildman–Crippen MR) is 115 cm³/mol. The molecule has 0 aliphatic heterocycles. The molecular formula is C23H32N4O4. The van der Waals surface area contributed by atoms with Gasteiger partial charge in [-0.25, -0.2) is 0 Å². The Morgan fingerprint density at radius 3 is 2.32 bits per heavy atom. The number of carboxylic acid groups (broad SMARTS) is 1. The third-order valence-corrected chi connectivity index (χ3v) is 7.26. The second kappa shape index (κ2) is 8.48. The first-order chi connectivity index (χ1) is 14.8. The van der Waals surface area contributed by atoms with Gasteiger partial charge < -0.3 is 15.7 Å². The molecule has 8 nitrogen and oxygen atoms in total. The summed E-state index contributed by atoms with van der Waals surface area (Å²) < 4.78 is 1.62. The molecule has 1 heterocycles. The van der Waals surface area contributed by atoms with Gasteiger partial charge in [-0.05, 0) is 58.3 Å². The molecule has 3 N–H and O–H groups in total. The average molecular weight is 429 g/mol. The molecule has 1 aromatic heterocycles. The molecule has 0 saturated heterocycles. The molecule has 31 heavy (non-hydrogen) atoms. The monoisotopic (exact) mass is 428 g/mol. The summed E-state index contributed by atoms with van der Waals surface area (Å²) in [6.07, 6.45) is 7.42. The molecule has 2 amide bonds. The molecule has 0 radical (unpaired) electrons. The Kier molecular flexibility index (Phi) is 5.90. The van der Waals surface area contributed by atoms with Crippen LogP contribution in [0.2, 0.25) is 0 Å². The summed E-state index contributed by atoms with van der Waals surface area (Å²) in [6.45, 7) is 6.47. The van der Waals surface area contributed by atoms with Gasteiger partial charge in [0, 0.05) is 18.8 Å². The highest BCUT2D eigenvalue weighted by atomic mass is 16.4. The fourth-order valence-electron chi connectivity index (χ4n) is 5.99. The van der Waals surface area contributed by atoms with Gasteiger partial charge in [0.15, 0.2) is 5.69 Å². The molecule has 8 heteroatoms. The predicted octanol–water partition coefficient (Wildman–Crippen LogP) is 3.21. The smallest absolute Gasteiger partial charge is 0.307 e. The first kappa shape index (κ1) is 21.6. The van der Waals surface area contributed by atoms with E-state index in [1.807, 2.05) is 20.8 Å². The van der Waals surface area contributed by atoms with Gasteiger partial charge in [0.25, 0.3) is 5.91 Å². The van der Waals surface area contributed by atoms with E-state index in [9.17, 15) is 19.5 Å². The summed E-state index contributed by atoms with van der Waals surface area (Å²) in [5.74, 6) is -3.02. The van der Waals surface area contributed by atoms with E-state index in [1.54, 1.807) is 10.9 Å². The van der Waals surface area contributed by atoms with Gasteiger partial charge in [0.05, 0.1) is 17.5 Å². The molecule has 0 aromatic carbocycles. The molecule has 0 unspecified atom stereocenters. The van der Waals surface area contributed by atoms with Crippen molar-refractivity contribution >= 4 is 23.5 Å². The van der Waals surface area contributed by atoms with Crippen molar-refractivity contribution in [1.29, 1.82) is 0 Å². The number of hydrogen-bond acceptors (Lipinski definition) is 4. The second-order valence-corrected chi connectivity index (χ2v) is 9.33. The lowest BCUT2D eigenvalue weighted by atomic mass is 9.78. The highest BCUT2D eigenvalue weighted by Gasteiger charge is 2.57. The van der Waals surface area contributed by atoms with E-state index in [0.717, 1.165) is 49.7 Å². The van der Waals surface area contributed by atoms with Crippen molar-refractivity contribution in [3.8, 4) is 0 Å². The van der Waals surface area contributed by atoms with Gasteiger partial charge in [-0.3, -0.25) is 19.1 Å². The first-order valence-corrected chi connectivity index (χ1v) is 11.4. The zero-order valence-electron chi connectivity index (χ0n) is 18.5.